The van der Waals surface area contributed by atoms with Gasteiger partial charge in [-0.1, -0.05) is 23.8 Å². The van der Waals surface area contributed by atoms with Crippen LogP contribution in [0, 0.1) is 20.8 Å². The summed E-state index contributed by atoms with van der Waals surface area (Å²) in [4.78, 5) is 11.6. The van der Waals surface area contributed by atoms with E-state index in [9.17, 15) is 18.3 Å². The Bertz CT molecular complexity index is 837. The number of anilines is 1. The summed E-state index contributed by atoms with van der Waals surface area (Å²) < 4.78 is 27.1. The number of rotatable bonds is 5. The Morgan fingerprint density at radius 1 is 0.958 bits per heavy atom. The number of carboxylic acid groups (broad SMARTS) is 1. The Morgan fingerprint density at radius 3 is 1.92 bits per heavy atom. The summed E-state index contributed by atoms with van der Waals surface area (Å²) >= 11 is 0. The number of aliphatic carboxylic acids is 1. The summed E-state index contributed by atoms with van der Waals surface area (Å²) in [6, 6.07) is 10.4. The maximum atomic E-state index is 13.1. The van der Waals surface area contributed by atoms with Crippen LogP contribution in [0.1, 0.15) is 23.6 Å². The summed E-state index contributed by atoms with van der Waals surface area (Å²) in [6.45, 7) is 6.92. The highest BCUT2D eigenvalue weighted by molar-refractivity contribution is 7.92. The van der Waals surface area contributed by atoms with Crippen molar-refractivity contribution in [3.8, 4) is 0 Å². The Balaban J connectivity index is 2.66. The van der Waals surface area contributed by atoms with Crippen LogP contribution in [0.5, 0.6) is 0 Å². The van der Waals surface area contributed by atoms with Crippen molar-refractivity contribution >= 4 is 21.7 Å². The molecule has 5 nitrogen and oxygen atoms in total. The second-order valence-electron chi connectivity index (χ2n) is 5.97. The molecule has 0 radical (unpaired) electrons. The van der Waals surface area contributed by atoms with Crippen molar-refractivity contribution in [2.24, 2.45) is 0 Å². The third kappa shape index (κ3) is 3.59. The molecule has 0 spiro atoms. The van der Waals surface area contributed by atoms with E-state index in [0.717, 1.165) is 21.0 Å². The number of carbonyl (C=O) groups is 1. The van der Waals surface area contributed by atoms with Crippen molar-refractivity contribution in [3.63, 3.8) is 0 Å². The average molecular weight is 347 g/mol. The Hall–Kier alpha value is -2.34. The standard InChI is InChI=1S/C18H21NO4S/c1-12-5-7-17(8-6-12)24(22,23)19(15(4)18(20)21)16-10-13(2)9-14(3)11-16/h5-11,15H,1-4H3,(H,20,21). The molecular weight excluding hydrogens is 326 g/mol. The molecule has 0 aromatic heterocycles. The van der Waals surface area contributed by atoms with E-state index in [1.54, 1.807) is 24.3 Å². The van der Waals surface area contributed by atoms with Gasteiger partial charge in [0.1, 0.15) is 6.04 Å². The SMILES string of the molecule is Cc1ccc(S(=O)(=O)N(c2cc(C)cc(C)c2)C(C)C(=O)O)cc1. The largest absolute Gasteiger partial charge is 0.480 e. The molecule has 2 rings (SSSR count). The third-order valence-electron chi connectivity index (χ3n) is 3.75. The van der Waals surface area contributed by atoms with Gasteiger partial charge in [0.25, 0.3) is 10.0 Å². The maximum absolute atomic E-state index is 13.1. The van der Waals surface area contributed by atoms with Gasteiger partial charge < -0.3 is 5.11 Å². The lowest BCUT2D eigenvalue weighted by atomic mass is 10.1. The minimum Gasteiger partial charge on any atom is -0.480 e. The molecule has 2 aromatic rings. The zero-order chi connectivity index (χ0) is 18.1. The van der Waals surface area contributed by atoms with Crippen LogP contribution in [0.2, 0.25) is 0 Å². The molecule has 0 saturated carbocycles. The summed E-state index contributed by atoms with van der Waals surface area (Å²) in [5, 5.41) is 9.40. The topological polar surface area (TPSA) is 74.7 Å². The molecule has 1 unspecified atom stereocenters. The van der Waals surface area contributed by atoms with Crippen LogP contribution in [0.25, 0.3) is 0 Å². The maximum Gasteiger partial charge on any atom is 0.327 e. The van der Waals surface area contributed by atoms with Gasteiger partial charge in [-0.05, 0) is 63.1 Å². The summed E-state index contributed by atoms with van der Waals surface area (Å²) in [7, 11) is -4.00. The molecule has 0 heterocycles. The van der Waals surface area contributed by atoms with Gasteiger partial charge in [-0.25, -0.2) is 13.2 Å². The average Bonchev–Trinajstić information content (AvgIpc) is 2.46. The van der Waals surface area contributed by atoms with Gasteiger partial charge in [0.2, 0.25) is 0 Å². The molecule has 2 aromatic carbocycles. The fraction of sp³-hybridized carbons (Fsp3) is 0.278. The lowest BCUT2D eigenvalue weighted by Crippen LogP contribution is -2.43. The van der Waals surface area contributed by atoms with Gasteiger partial charge >= 0.3 is 5.97 Å². The Labute approximate surface area is 142 Å². The van der Waals surface area contributed by atoms with E-state index in [-0.39, 0.29) is 4.90 Å². The fourth-order valence-corrected chi connectivity index (χ4v) is 4.17. The van der Waals surface area contributed by atoms with Crippen LogP contribution in [-0.4, -0.2) is 25.5 Å². The zero-order valence-corrected chi connectivity index (χ0v) is 15.0. The van der Waals surface area contributed by atoms with E-state index in [1.165, 1.54) is 19.1 Å². The van der Waals surface area contributed by atoms with Gasteiger partial charge in [-0.3, -0.25) is 4.31 Å². The van der Waals surface area contributed by atoms with Crippen LogP contribution in [-0.2, 0) is 14.8 Å². The van der Waals surface area contributed by atoms with Crippen molar-refractivity contribution in [1.82, 2.24) is 0 Å². The zero-order valence-electron chi connectivity index (χ0n) is 14.1. The summed E-state index contributed by atoms with van der Waals surface area (Å²) in [5.41, 5.74) is 3.01. The Kier molecular flexibility index (Phi) is 4.99. The highest BCUT2D eigenvalue weighted by atomic mass is 32.2. The first kappa shape index (κ1) is 18.0. The second kappa shape index (κ2) is 6.65. The first-order chi connectivity index (χ1) is 11.1. The number of hydrogen-bond acceptors (Lipinski definition) is 3. The van der Waals surface area contributed by atoms with Crippen molar-refractivity contribution in [3.05, 3.63) is 59.2 Å². The van der Waals surface area contributed by atoms with Crippen molar-refractivity contribution in [1.29, 1.82) is 0 Å². The van der Waals surface area contributed by atoms with E-state index >= 15 is 0 Å². The highest BCUT2D eigenvalue weighted by Gasteiger charge is 2.33. The predicted molar refractivity (Wildman–Crippen MR) is 93.9 cm³/mol. The minimum atomic E-state index is -4.00. The Morgan fingerprint density at radius 2 is 1.46 bits per heavy atom. The molecule has 0 aliphatic rings. The van der Waals surface area contributed by atoms with Gasteiger partial charge in [-0.2, -0.15) is 0 Å². The molecule has 1 atom stereocenters. The molecule has 128 valence electrons. The van der Waals surface area contributed by atoms with Gasteiger partial charge in [0.05, 0.1) is 10.6 Å². The molecule has 0 fully saturated rings. The summed E-state index contributed by atoms with van der Waals surface area (Å²) in [5.74, 6) is -1.20. The number of carboxylic acids is 1. The van der Waals surface area contributed by atoms with Gasteiger partial charge in [0.15, 0.2) is 0 Å². The molecule has 0 amide bonds. The lowest BCUT2D eigenvalue weighted by molar-refractivity contribution is -0.137. The van der Waals surface area contributed by atoms with Crippen LogP contribution >= 0.6 is 0 Å². The van der Waals surface area contributed by atoms with Crippen LogP contribution in [0.15, 0.2) is 47.4 Å². The monoisotopic (exact) mass is 347 g/mol. The quantitative estimate of drug-likeness (QED) is 0.901. The van der Waals surface area contributed by atoms with Gasteiger partial charge in [0, 0.05) is 0 Å². The number of benzene rings is 2. The lowest BCUT2D eigenvalue weighted by Gasteiger charge is -2.28. The predicted octanol–water partition coefficient (Wildman–Crippen LogP) is 3.28. The molecular formula is C18H21NO4S. The molecule has 1 N–H and O–H groups in total. The number of hydrogen-bond donors (Lipinski definition) is 1. The summed E-state index contributed by atoms with van der Waals surface area (Å²) in [6.07, 6.45) is 0. The second-order valence-corrected chi connectivity index (χ2v) is 7.79. The van der Waals surface area contributed by atoms with Crippen LogP contribution < -0.4 is 4.31 Å². The van der Waals surface area contributed by atoms with E-state index in [4.69, 9.17) is 0 Å². The van der Waals surface area contributed by atoms with Gasteiger partial charge in [-0.15, -0.1) is 0 Å². The normalized spacial score (nSPS) is 12.7. The van der Waals surface area contributed by atoms with Crippen molar-refractivity contribution in [2.75, 3.05) is 4.31 Å². The molecule has 0 bridgehead atoms. The van der Waals surface area contributed by atoms with E-state index < -0.39 is 22.0 Å². The van der Waals surface area contributed by atoms with Crippen molar-refractivity contribution in [2.45, 2.75) is 38.6 Å². The van der Waals surface area contributed by atoms with Crippen LogP contribution in [0.3, 0.4) is 0 Å². The first-order valence-corrected chi connectivity index (χ1v) is 8.99. The molecule has 24 heavy (non-hydrogen) atoms. The number of aryl methyl sites for hydroxylation is 3. The third-order valence-corrected chi connectivity index (χ3v) is 5.66. The van der Waals surface area contributed by atoms with E-state index in [2.05, 4.69) is 0 Å². The number of nitrogens with zero attached hydrogens (tertiary/aromatic N) is 1. The first-order valence-electron chi connectivity index (χ1n) is 7.55. The minimum absolute atomic E-state index is 0.0698. The molecule has 0 aliphatic heterocycles. The molecule has 0 aliphatic carbocycles. The molecule has 0 saturated heterocycles. The molecule has 6 heteroatoms. The van der Waals surface area contributed by atoms with Crippen molar-refractivity contribution < 1.29 is 18.3 Å². The highest BCUT2D eigenvalue weighted by Crippen LogP contribution is 2.28. The van der Waals surface area contributed by atoms with E-state index in [1.807, 2.05) is 26.8 Å². The smallest absolute Gasteiger partial charge is 0.327 e. The fourth-order valence-electron chi connectivity index (χ4n) is 2.57. The number of sulfonamides is 1. The van der Waals surface area contributed by atoms with E-state index in [0.29, 0.717) is 5.69 Å². The van der Waals surface area contributed by atoms with Crippen LogP contribution in [0.4, 0.5) is 5.69 Å².